The van der Waals surface area contributed by atoms with Gasteiger partial charge in [0.05, 0.1) is 19.3 Å². The number of nitrogens with zero attached hydrogens (tertiary/aromatic N) is 4. The fourth-order valence-electron chi connectivity index (χ4n) is 4.92. The molecule has 2 aromatic heterocycles. The highest BCUT2D eigenvalue weighted by Crippen LogP contribution is 2.30. The van der Waals surface area contributed by atoms with Crippen molar-refractivity contribution in [1.29, 1.82) is 0 Å². The number of anilines is 1. The van der Waals surface area contributed by atoms with Crippen molar-refractivity contribution < 1.29 is 27.9 Å². The zero-order chi connectivity index (χ0) is 31.7. The lowest BCUT2D eigenvalue weighted by molar-refractivity contribution is -0.272. The summed E-state index contributed by atoms with van der Waals surface area (Å²) in [5.41, 5.74) is 0.791. The maximum atomic E-state index is 15.1. The van der Waals surface area contributed by atoms with Crippen LogP contribution in [0.25, 0.3) is 22.3 Å². The van der Waals surface area contributed by atoms with Crippen molar-refractivity contribution in [2.45, 2.75) is 13.1 Å². The molecular formula is C30H26F3N6O5-. The molecule has 0 atom stereocenters. The lowest BCUT2D eigenvalue weighted by Crippen LogP contribution is -2.43. The maximum Gasteiger partial charge on any atom is 0.351 e. The fraction of sp³-hybridized carbons (Fsp3) is 0.167. The highest BCUT2D eigenvalue weighted by atomic mass is 19.1. The zero-order valence-electron chi connectivity index (χ0n) is 23.7. The van der Waals surface area contributed by atoms with Gasteiger partial charge in [0.15, 0.2) is 0 Å². The number of urea groups is 1. The van der Waals surface area contributed by atoms with Crippen LogP contribution in [0.1, 0.15) is 11.1 Å². The Morgan fingerprint density at radius 1 is 0.955 bits per heavy atom. The van der Waals surface area contributed by atoms with Gasteiger partial charge in [0.1, 0.15) is 23.0 Å². The number of halogens is 3. The van der Waals surface area contributed by atoms with Gasteiger partial charge in [0.2, 0.25) is 0 Å². The van der Waals surface area contributed by atoms with Gasteiger partial charge in [-0.15, -0.1) is 0 Å². The van der Waals surface area contributed by atoms with Crippen molar-refractivity contribution in [2.24, 2.45) is 0 Å². The van der Waals surface area contributed by atoms with Gasteiger partial charge in [0.25, 0.3) is 5.56 Å². The van der Waals surface area contributed by atoms with E-state index in [2.05, 4.69) is 15.6 Å². The molecule has 2 amide bonds. The van der Waals surface area contributed by atoms with E-state index in [1.54, 1.807) is 43.3 Å². The molecule has 2 N–H and O–H groups in total. The summed E-state index contributed by atoms with van der Waals surface area (Å²) in [4.78, 5) is 46.1. The first-order valence-electron chi connectivity index (χ1n) is 13.2. The van der Waals surface area contributed by atoms with Gasteiger partial charge in [-0.25, -0.2) is 37.5 Å². The average molecular weight is 608 g/mol. The van der Waals surface area contributed by atoms with E-state index < -0.39 is 58.3 Å². The number of amides is 2. The standard InChI is InChI=1S/C30H27F3N6O5/c1-36(2)14-20-19(17-10-12-18(13-11-17)34-29(42)35-44-3)15-37-27(20)28(41)39(24-8-5-9-25(40)26(24)33)30(43)38(37)16-21-22(31)6-4-7-23(21)32/h4-13,15,40H,14,16H2,1-3H3,(H2,34,35,42)/p-1. The van der Waals surface area contributed by atoms with Crippen LogP contribution in [0, 0.1) is 17.5 Å². The topological polar surface area (TPSA) is 125 Å². The zero-order valence-corrected chi connectivity index (χ0v) is 23.7. The van der Waals surface area contributed by atoms with Crippen molar-refractivity contribution >= 4 is 17.2 Å². The first kappa shape index (κ1) is 30.1. The van der Waals surface area contributed by atoms with E-state index in [0.717, 1.165) is 28.9 Å². The van der Waals surface area contributed by atoms with E-state index in [1.807, 2.05) is 0 Å². The number of rotatable bonds is 8. The third-order valence-corrected chi connectivity index (χ3v) is 6.85. The summed E-state index contributed by atoms with van der Waals surface area (Å²) in [7, 11) is 4.78. The number of fused-ring (bicyclic) bond motifs is 1. The number of benzene rings is 3. The predicted octanol–water partition coefficient (Wildman–Crippen LogP) is 3.20. The quantitative estimate of drug-likeness (QED) is 0.261. The van der Waals surface area contributed by atoms with E-state index in [9.17, 15) is 28.3 Å². The second-order valence-electron chi connectivity index (χ2n) is 10.1. The van der Waals surface area contributed by atoms with Crippen molar-refractivity contribution in [3.05, 3.63) is 116 Å². The van der Waals surface area contributed by atoms with E-state index in [0.29, 0.717) is 26.9 Å². The molecule has 228 valence electrons. The summed E-state index contributed by atoms with van der Waals surface area (Å²) in [6.07, 6.45) is 1.47. The Morgan fingerprint density at radius 2 is 1.61 bits per heavy atom. The molecule has 2 heterocycles. The van der Waals surface area contributed by atoms with Crippen molar-refractivity contribution in [3.63, 3.8) is 0 Å². The predicted molar refractivity (Wildman–Crippen MR) is 154 cm³/mol. The molecule has 0 spiro atoms. The van der Waals surface area contributed by atoms with Crippen molar-refractivity contribution in [1.82, 2.24) is 24.1 Å². The van der Waals surface area contributed by atoms with Gasteiger partial charge in [-0.2, -0.15) is 0 Å². The molecule has 0 unspecified atom stereocenters. The third-order valence-electron chi connectivity index (χ3n) is 6.85. The van der Waals surface area contributed by atoms with Gasteiger partial charge >= 0.3 is 11.7 Å². The molecule has 0 aliphatic carbocycles. The van der Waals surface area contributed by atoms with Crippen LogP contribution in [0.15, 0.2) is 76.4 Å². The Hall–Kier alpha value is -5.34. The van der Waals surface area contributed by atoms with Gasteiger partial charge in [-0.3, -0.25) is 14.1 Å². The monoisotopic (exact) mass is 607 g/mol. The minimum Gasteiger partial charge on any atom is -0.870 e. The van der Waals surface area contributed by atoms with Crippen LogP contribution in [0.2, 0.25) is 0 Å². The molecule has 5 aromatic rings. The van der Waals surface area contributed by atoms with Crippen LogP contribution < -0.4 is 27.2 Å². The van der Waals surface area contributed by atoms with E-state index in [-0.39, 0.29) is 12.1 Å². The fourth-order valence-corrected chi connectivity index (χ4v) is 4.92. The van der Waals surface area contributed by atoms with Crippen LogP contribution >= 0.6 is 0 Å². The number of nitrogens with one attached hydrogen (secondary N) is 2. The van der Waals surface area contributed by atoms with Gasteiger partial charge in [-0.05, 0) is 50.0 Å². The number of hydrogen-bond donors (Lipinski definition) is 2. The summed E-state index contributed by atoms with van der Waals surface area (Å²) in [6.45, 7) is -0.506. The molecule has 11 nitrogen and oxygen atoms in total. The second kappa shape index (κ2) is 12.1. The number of hydrogen-bond acceptors (Lipinski definition) is 6. The van der Waals surface area contributed by atoms with E-state index in [4.69, 9.17) is 0 Å². The summed E-state index contributed by atoms with van der Waals surface area (Å²) in [5, 5.41) is 14.7. The van der Waals surface area contributed by atoms with E-state index in [1.165, 1.54) is 30.0 Å². The molecule has 44 heavy (non-hydrogen) atoms. The van der Waals surface area contributed by atoms with Crippen LogP contribution in [-0.2, 0) is 17.9 Å². The molecule has 0 saturated carbocycles. The maximum absolute atomic E-state index is 15.1. The van der Waals surface area contributed by atoms with Crippen LogP contribution in [0.3, 0.4) is 0 Å². The van der Waals surface area contributed by atoms with Crippen LogP contribution in [-0.4, -0.2) is 45.9 Å². The molecule has 14 heteroatoms. The normalized spacial score (nSPS) is 11.3. The third kappa shape index (κ3) is 5.55. The second-order valence-corrected chi connectivity index (χ2v) is 10.1. The Bertz CT molecular complexity index is 1980. The lowest BCUT2D eigenvalue weighted by atomic mass is 10.0. The smallest absolute Gasteiger partial charge is 0.351 e. The highest BCUT2D eigenvalue weighted by molar-refractivity contribution is 5.89. The molecule has 0 aliphatic rings. The Balaban J connectivity index is 1.82. The Kier molecular flexibility index (Phi) is 8.29. The largest absolute Gasteiger partial charge is 0.870 e. The van der Waals surface area contributed by atoms with Gasteiger partial charge in [0, 0.05) is 35.1 Å². The number of carbonyl (C=O) groups excluding carboxylic acids is 1. The molecule has 3 aromatic carbocycles. The van der Waals surface area contributed by atoms with Gasteiger partial charge < -0.3 is 15.3 Å². The molecule has 0 radical (unpaired) electrons. The lowest BCUT2D eigenvalue weighted by Gasteiger charge is -2.17. The van der Waals surface area contributed by atoms with Crippen molar-refractivity contribution in [2.75, 3.05) is 26.5 Å². The SMILES string of the molecule is CONC(=O)Nc1ccc(-c2cn3c(c2CN(C)C)c(=O)n(-c2cccc([O-])c2F)c(=O)n3Cc2c(F)cccc2F)cc1. The first-order chi connectivity index (χ1) is 21.0. The van der Waals surface area contributed by atoms with Crippen LogP contribution in [0.5, 0.6) is 5.75 Å². The summed E-state index contributed by atoms with van der Waals surface area (Å²) < 4.78 is 47.3. The Morgan fingerprint density at radius 3 is 2.25 bits per heavy atom. The van der Waals surface area contributed by atoms with E-state index >= 15 is 4.39 Å². The number of hydroxylamine groups is 1. The molecule has 0 saturated heterocycles. The minimum atomic E-state index is -1.33. The number of carbonyl (C=O) groups is 1. The summed E-state index contributed by atoms with van der Waals surface area (Å²) >= 11 is 0. The molecule has 0 fully saturated rings. The highest BCUT2D eigenvalue weighted by Gasteiger charge is 2.25. The Labute approximate surface area is 247 Å². The summed E-state index contributed by atoms with van der Waals surface area (Å²) in [6, 6.07) is 12.4. The van der Waals surface area contributed by atoms with Gasteiger partial charge in [-0.1, -0.05) is 36.1 Å². The number of aromatic nitrogens is 3. The molecule has 0 bridgehead atoms. The minimum absolute atomic E-state index is 0.0811. The molecule has 5 rings (SSSR count). The van der Waals surface area contributed by atoms with Crippen molar-refractivity contribution in [3.8, 4) is 22.6 Å². The molecule has 0 aliphatic heterocycles. The first-order valence-corrected chi connectivity index (χ1v) is 13.2. The summed E-state index contributed by atoms with van der Waals surface area (Å²) in [5.74, 6) is -4.24. The molecular weight excluding hydrogens is 581 g/mol. The average Bonchev–Trinajstić information content (AvgIpc) is 3.33. The van der Waals surface area contributed by atoms with Crippen LogP contribution in [0.4, 0.5) is 23.7 Å².